The minimum Gasteiger partial charge on any atom is -0.354 e. The maximum absolute atomic E-state index is 12.0. The normalized spacial score (nSPS) is 11.6. The van der Waals surface area contributed by atoms with Crippen LogP contribution >= 0.6 is 0 Å². The zero-order valence-corrected chi connectivity index (χ0v) is 13.1. The van der Waals surface area contributed by atoms with E-state index in [1.165, 1.54) is 6.92 Å². The molecule has 0 aliphatic heterocycles. The van der Waals surface area contributed by atoms with Crippen LogP contribution in [0.15, 0.2) is 24.4 Å². The van der Waals surface area contributed by atoms with E-state index < -0.39 is 6.04 Å². The van der Waals surface area contributed by atoms with Crippen LogP contribution in [0.3, 0.4) is 0 Å². The van der Waals surface area contributed by atoms with Gasteiger partial charge in [0, 0.05) is 26.1 Å². The number of anilines is 1. The number of rotatable bonds is 7. The maximum Gasteiger partial charge on any atom is 0.242 e. The second kappa shape index (κ2) is 8.76. The number of pyridine rings is 1. The fraction of sp³-hybridized carbons (Fsp3) is 0.467. The molecule has 120 valence electrons. The Morgan fingerprint density at radius 1 is 1.23 bits per heavy atom. The van der Waals surface area contributed by atoms with Gasteiger partial charge in [0.1, 0.15) is 11.9 Å². The van der Waals surface area contributed by atoms with Crippen molar-refractivity contribution < 1.29 is 14.4 Å². The van der Waals surface area contributed by atoms with E-state index in [2.05, 4.69) is 20.9 Å². The van der Waals surface area contributed by atoms with E-state index in [0.29, 0.717) is 5.82 Å². The maximum atomic E-state index is 12.0. The van der Waals surface area contributed by atoms with Crippen molar-refractivity contribution in [2.24, 2.45) is 5.92 Å². The lowest BCUT2D eigenvalue weighted by Gasteiger charge is -2.20. The number of hydrogen-bond donors (Lipinski definition) is 3. The van der Waals surface area contributed by atoms with Gasteiger partial charge in [-0.1, -0.05) is 19.9 Å². The van der Waals surface area contributed by atoms with E-state index in [9.17, 15) is 14.4 Å². The lowest BCUT2D eigenvalue weighted by molar-refractivity contribution is -0.129. The second-order valence-corrected chi connectivity index (χ2v) is 5.23. The summed E-state index contributed by atoms with van der Waals surface area (Å²) in [6, 6.07) is 4.60. The van der Waals surface area contributed by atoms with E-state index >= 15 is 0 Å². The molecule has 22 heavy (non-hydrogen) atoms. The fourth-order valence-corrected chi connectivity index (χ4v) is 1.81. The highest BCUT2D eigenvalue weighted by molar-refractivity contribution is 5.91. The summed E-state index contributed by atoms with van der Waals surface area (Å²) < 4.78 is 0. The van der Waals surface area contributed by atoms with Crippen molar-refractivity contribution in [3.05, 3.63) is 24.4 Å². The van der Waals surface area contributed by atoms with Gasteiger partial charge < -0.3 is 16.0 Å². The predicted octanol–water partition coefficient (Wildman–Crippen LogP) is 0.687. The third kappa shape index (κ3) is 6.34. The molecule has 0 unspecified atom stereocenters. The van der Waals surface area contributed by atoms with Crippen LogP contribution in [-0.4, -0.2) is 35.3 Å². The molecular weight excluding hydrogens is 284 g/mol. The average Bonchev–Trinajstić information content (AvgIpc) is 2.45. The first-order valence-electron chi connectivity index (χ1n) is 7.16. The number of carbonyl (C=O) groups excluding carboxylic acids is 3. The van der Waals surface area contributed by atoms with Crippen LogP contribution in [-0.2, 0) is 14.4 Å². The highest BCUT2D eigenvalue weighted by atomic mass is 16.2. The first-order valence-corrected chi connectivity index (χ1v) is 7.16. The number of hydrogen-bond acceptors (Lipinski definition) is 4. The third-order valence-electron chi connectivity index (χ3n) is 2.89. The summed E-state index contributed by atoms with van der Waals surface area (Å²) in [5.41, 5.74) is 0. The van der Waals surface area contributed by atoms with Crippen molar-refractivity contribution in [3.8, 4) is 0 Å². The van der Waals surface area contributed by atoms with Crippen molar-refractivity contribution in [1.29, 1.82) is 0 Å². The Labute approximate surface area is 129 Å². The summed E-state index contributed by atoms with van der Waals surface area (Å²) >= 11 is 0. The zero-order valence-electron chi connectivity index (χ0n) is 13.1. The quantitative estimate of drug-likeness (QED) is 0.690. The molecule has 3 amide bonds. The van der Waals surface area contributed by atoms with Crippen LogP contribution in [0.1, 0.15) is 27.2 Å². The second-order valence-electron chi connectivity index (χ2n) is 5.23. The minimum atomic E-state index is -0.601. The van der Waals surface area contributed by atoms with E-state index in [1.54, 1.807) is 24.4 Å². The Bertz CT molecular complexity index is 517. The number of nitrogens with zero attached hydrogens (tertiary/aromatic N) is 1. The lowest BCUT2D eigenvalue weighted by atomic mass is 10.0. The zero-order chi connectivity index (χ0) is 16.5. The van der Waals surface area contributed by atoms with Gasteiger partial charge in [0.15, 0.2) is 0 Å². The third-order valence-corrected chi connectivity index (χ3v) is 2.89. The van der Waals surface area contributed by atoms with Gasteiger partial charge in [-0.2, -0.15) is 0 Å². The molecule has 0 aliphatic rings. The van der Waals surface area contributed by atoms with Gasteiger partial charge in [0.05, 0.1) is 0 Å². The van der Waals surface area contributed by atoms with Crippen LogP contribution in [0.4, 0.5) is 5.82 Å². The highest BCUT2D eigenvalue weighted by Crippen LogP contribution is 2.02. The van der Waals surface area contributed by atoms with Gasteiger partial charge in [-0.25, -0.2) is 4.98 Å². The Morgan fingerprint density at radius 3 is 2.50 bits per heavy atom. The van der Waals surface area contributed by atoms with Gasteiger partial charge >= 0.3 is 0 Å². The molecule has 1 atom stereocenters. The van der Waals surface area contributed by atoms with Crippen LogP contribution < -0.4 is 16.0 Å². The van der Waals surface area contributed by atoms with Gasteiger partial charge in [-0.05, 0) is 18.1 Å². The largest absolute Gasteiger partial charge is 0.354 e. The molecule has 1 aromatic heterocycles. The molecule has 1 aromatic rings. The number of nitrogens with one attached hydrogen (secondary N) is 3. The highest BCUT2D eigenvalue weighted by Gasteiger charge is 2.22. The van der Waals surface area contributed by atoms with E-state index in [1.807, 2.05) is 13.8 Å². The molecule has 1 heterocycles. The van der Waals surface area contributed by atoms with Crippen LogP contribution in [0, 0.1) is 5.92 Å². The molecular formula is C15H22N4O3. The molecule has 7 nitrogen and oxygen atoms in total. The molecule has 0 bridgehead atoms. The standard InChI is InChI=1S/C15H22N4O3/c1-10(2)14(18-11(3)20)15(22)17-9-7-13(21)19-12-6-4-5-8-16-12/h4-6,8,10,14H,7,9H2,1-3H3,(H,17,22)(H,18,20)(H,16,19,21)/t14-/m0/s1. The molecule has 0 saturated heterocycles. The topological polar surface area (TPSA) is 100 Å². The van der Waals surface area contributed by atoms with E-state index in [0.717, 1.165) is 0 Å². The number of aromatic nitrogens is 1. The predicted molar refractivity (Wildman–Crippen MR) is 82.9 cm³/mol. The Balaban J connectivity index is 2.37. The van der Waals surface area contributed by atoms with Gasteiger partial charge in [0.2, 0.25) is 17.7 Å². The van der Waals surface area contributed by atoms with Crippen LogP contribution in [0.5, 0.6) is 0 Å². The van der Waals surface area contributed by atoms with Crippen molar-refractivity contribution in [2.75, 3.05) is 11.9 Å². The Hall–Kier alpha value is -2.44. The first kappa shape index (κ1) is 17.6. The fourth-order valence-electron chi connectivity index (χ4n) is 1.81. The summed E-state index contributed by atoms with van der Waals surface area (Å²) in [6.07, 6.45) is 1.71. The summed E-state index contributed by atoms with van der Waals surface area (Å²) in [5.74, 6) is -0.361. The number of amides is 3. The van der Waals surface area contributed by atoms with E-state index in [-0.39, 0.29) is 36.6 Å². The smallest absolute Gasteiger partial charge is 0.242 e. The molecule has 0 radical (unpaired) electrons. The molecule has 0 spiro atoms. The first-order chi connectivity index (χ1) is 10.4. The van der Waals surface area contributed by atoms with Crippen LogP contribution in [0.25, 0.3) is 0 Å². The van der Waals surface area contributed by atoms with Crippen molar-refractivity contribution in [1.82, 2.24) is 15.6 Å². The molecule has 0 aliphatic carbocycles. The van der Waals surface area contributed by atoms with Gasteiger partial charge in [-0.15, -0.1) is 0 Å². The lowest BCUT2D eigenvalue weighted by Crippen LogP contribution is -2.49. The molecule has 1 rings (SSSR count). The monoisotopic (exact) mass is 306 g/mol. The van der Waals surface area contributed by atoms with Crippen molar-refractivity contribution in [3.63, 3.8) is 0 Å². The molecule has 0 fully saturated rings. The molecule has 0 aromatic carbocycles. The average molecular weight is 306 g/mol. The molecule has 3 N–H and O–H groups in total. The Kier molecular flexibility index (Phi) is 7.01. The molecule has 0 saturated carbocycles. The summed E-state index contributed by atoms with van der Waals surface area (Å²) in [7, 11) is 0. The summed E-state index contributed by atoms with van der Waals surface area (Å²) in [6.45, 7) is 5.24. The van der Waals surface area contributed by atoms with Crippen molar-refractivity contribution >= 4 is 23.5 Å². The minimum absolute atomic E-state index is 0.0359. The summed E-state index contributed by atoms with van der Waals surface area (Å²) in [4.78, 5) is 38.8. The SMILES string of the molecule is CC(=O)N[C@H](C(=O)NCCC(=O)Nc1ccccn1)C(C)C. The van der Waals surface area contributed by atoms with Gasteiger partial charge in [-0.3, -0.25) is 14.4 Å². The Morgan fingerprint density at radius 2 is 1.95 bits per heavy atom. The molecule has 7 heteroatoms. The van der Waals surface area contributed by atoms with Gasteiger partial charge in [0.25, 0.3) is 0 Å². The van der Waals surface area contributed by atoms with Crippen molar-refractivity contribution in [2.45, 2.75) is 33.2 Å². The van der Waals surface area contributed by atoms with E-state index in [4.69, 9.17) is 0 Å². The summed E-state index contributed by atoms with van der Waals surface area (Å²) in [5, 5.41) is 7.88. The number of carbonyl (C=O) groups is 3. The van der Waals surface area contributed by atoms with Crippen LogP contribution in [0.2, 0.25) is 0 Å².